The number of thiazole rings is 2. The maximum atomic E-state index is 10.6. The molecule has 0 aliphatic heterocycles. The first-order chi connectivity index (χ1) is 11.2. The van der Waals surface area contributed by atoms with E-state index in [9.17, 15) is 10.1 Å². The van der Waals surface area contributed by atoms with E-state index in [1.54, 1.807) is 0 Å². The van der Waals surface area contributed by atoms with Gasteiger partial charge in [-0.15, -0.1) is 11.3 Å². The number of nitrogens with zero attached hydrogens (tertiary/aromatic N) is 3. The summed E-state index contributed by atoms with van der Waals surface area (Å²) >= 11 is 2.52. The minimum atomic E-state index is -0.454. The maximum absolute atomic E-state index is 10.6. The van der Waals surface area contributed by atoms with E-state index in [4.69, 9.17) is 4.74 Å². The molecule has 7 nitrogen and oxygen atoms in total. The summed E-state index contributed by atoms with van der Waals surface area (Å²) in [6, 6.07) is 9.55. The first kappa shape index (κ1) is 15.4. The lowest BCUT2D eigenvalue weighted by Crippen LogP contribution is -2.00. The number of rotatable bonds is 7. The van der Waals surface area contributed by atoms with Gasteiger partial charge in [0.25, 0.3) is 0 Å². The van der Waals surface area contributed by atoms with E-state index in [2.05, 4.69) is 15.3 Å². The van der Waals surface area contributed by atoms with Crippen LogP contribution in [0.2, 0.25) is 0 Å². The van der Waals surface area contributed by atoms with Crippen molar-refractivity contribution in [2.24, 2.45) is 0 Å². The third-order valence-corrected chi connectivity index (χ3v) is 4.58. The molecular weight excluding hydrogens is 336 g/mol. The molecule has 0 bridgehead atoms. The van der Waals surface area contributed by atoms with Crippen molar-refractivity contribution < 1.29 is 9.66 Å². The Balaban J connectivity index is 1.51. The molecule has 9 heteroatoms. The van der Waals surface area contributed by atoms with Gasteiger partial charge in [-0.25, -0.2) is 9.97 Å². The van der Waals surface area contributed by atoms with Crippen LogP contribution in [0.4, 0.5) is 10.1 Å². The first-order valence-electron chi connectivity index (χ1n) is 6.66. The van der Waals surface area contributed by atoms with Crippen molar-refractivity contribution in [1.29, 1.82) is 0 Å². The van der Waals surface area contributed by atoms with Crippen LogP contribution in [0, 0.1) is 10.1 Å². The van der Waals surface area contributed by atoms with E-state index < -0.39 is 4.92 Å². The summed E-state index contributed by atoms with van der Waals surface area (Å²) < 4.78 is 5.64. The Bertz CT molecular complexity index is 788. The normalized spacial score (nSPS) is 10.4. The lowest BCUT2D eigenvalue weighted by atomic mass is 10.3. The van der Waals surface area contributed by atoms with Crippen LogP contribution in [0.1, 0.15) is 10.7 Å². The fourth-order valence-corrected chi connectivity index (χ4v) is 3.09. The van der Waals surface area contributed by atoms with Crippen molar-refractivity contribution >= 4 is 32.8 Å². The predicted molar refractivity (Wildman–Crippen MR) is 89.0 cm³/mol. The van der Waals surface area contributed by atoms with Gasteiger partial charge in [-0.2, -0.15) is 0 Å². The van der Waals surface area contributed by atoms with Gasteiger partial charge in [0.1, 0.15) is 23.6 Å². The van der Waals surface area contributed by atoms with Crippen LogP contribution in [-0.2, 0) is 13.2 Å². The monoisotopic (exact) mass is 348 g/mol. The number of nitro groups is 1. The molecule has 0 fully saturated rings. The Labute approximate surface area is 139 Å². The quantitative estimate of drug-likeness (QED) is 0.517. The maximum Gasteiger partial charge on any atom is 0.345 e. The SMILES string of the molecule is O=[N+]([O-])c1cnc(NCc2csc(COc3ccccc3)n2)s1. The molecule has 0 spiro atoms. The Morgan fingerprint density at radius 3 is 2.87 bits per heavy atom. The van der Waals surface area contributed by atoms with Crippen molar-refractivity contribution in [2.45, 2.75) is 13.2 Å². The molecule has 23 heavy (non-hydrogen) atoms. The van der Waals surface area contributed by atoms with Crippen molar-refractivity contribution in [3.63, 3.8) is 0 Å². The van der Waals surface area contributed by atoms with Gasteiger partial charge in [-0.3, -0.25) is 10.1 Å². The number of anilines is 1. The number of para-hydroxylation sites is 1. The molecule has 0 saturated heterocycles. The van der Waals surface area contributed by atoms with Gasteiger partial charge in [-0.1, -0.05) is 18.2 Å². The van der Waals surface area contributed by atoms with E-state index >= 15 is 0 Å². The van der Waals surface area contributed by atoms with E-state index in [-0.39, 0.29) is 5.00 Å². The molecule has 0 radical (unpaired) electrons. The lowest BCUT2D eigenvalue weighted by Gasteiger charge is -2.02. The Morgan fingerprint density at radius 1 is 1.30 bits per heavy atom. The predicted octanol–water partition coefficient (Wildman–Crippen LogP) is 3.70. The zero-order valence-electron chi connectivity index (χ0n) is 11.8. The summed E-state index contributed by atoms with van der Waals surface area (Å²) in [5.41, 5.74) is 0.847. The lowest BCUT2D eigenvalue weighted by molar-refractivity contribution is -0.380. The second-order valence-electron chi connectivity index (χ2n) is 4.45. The molecule has 1 N–H and O–H groups in total. The van der Waals surface area contributed by atoms with Crippen molar-refractivity contribution in [1.82, 2.24) is 9.97 Å². The Hall–Kier alpha value is -2.52. The van der Waals surface area contributed by atoms with E-state index in [0.717, 1.165) is 27.8 Å². The van der Waals surface area contributed by atoms with Crippen LogP contribution < -0.4 is 10.1 Å². The molecule has 2 aromatic heterocycles. The number of aromatic nitrogens is 2. The molecule has 0 aliphatic rings. The highest BCUT2D eigenvalue weighted by Gasteiger charge is 2.11. The summed E-state index contributed by atoms with van der Waals surface area (Å²) in [5, 5.41) is 17.0. The topological polar surface area (TPSA) is 90.2 Å². The zero-order chi connectivity index (χ0) is 16.1. The van der Waals surface area contributed by atoms with Gasteiger partial charge in [-0.05, 0) is 23.5 Å². The second-order valence-corrected chi connectivity index (χ2v) is 6.40. The smallest absolute Gasteiger partial charge is 0.345 e. The molecule has 0 aliphatic carbocycles. The molecule has 0 unspecified atom stereocenters. The molecule has 2 heterocycles. The van der Waals surface area contributed by atoms with E-state index in [1.807, 2.05) is 35.7 Å². The average Bonchev–Trinajstić information content (AvgIpc) is 3.21. The third-order valence-electron chi connectivity index (χ3n) is 2.80. The molecule has 118 valence electrons. The van der Waals surface area contributed by atoms with Gasteiger partial charge in [0.05, 0.1) is 17.2 Å². The highest BCUT2D eigenvalue weighted by Crippen LogP contribution is 2.25. The number of hydrogen-bond acceptors (Lipinski definition) is 8. The standard InChI is InChI=1S/C14H12N4O3S2/c19-18(20)13-7-16-14(23-13)15-6-10-9-22-12(17-10)8-21-11-4-2-1-3-5-11/h1-5,7,9H,6,8H2,(H,15,16). The van der Waals surface area contributed by atoms with Crippen molar-refractivity contribution in [2.75, 3.05) is 5.32 Å². The van der Waals surface area contributed by atoms with Gasteiger partial charge in [0.15, 0.2) is 5.13 Å². The summed E-state index contributed by atoms with van der Waals surface area (Å²) in [4.78, 5) is 18.6. The van der Waals surface area contributed by atoms with Crippen LogP contribution >= 0.6 is 22.7 Å². The highest BCUT2D eigenvalue weighted by molar-refractivity contribution is 7.18. The van der Waals surface area contributed by atoms with Crippen LogP contribution in [0.3, 0.4) is 0 Å². The molecule has 0 saturated carbocycles. The Kier molecular flexibility index (Phi) is 4.79. The van der Waals surface area contributed by atoms with Gasteiger partial charge < -0.3 is 10.1 Å². The Morgan fingerprint density at radius 2 is 2.13 bits per heavy atom. The van der Waals surface area contributed by atoms with E-state index in [0.29, 0.717) is 18.3 Å². The van der Waals surface area contributed by atoms with E-state index in [1.165, 1.54) is 17.5 Å². The largest absolute Gasteiger partial charge is 0.486 e. The minimum Gasteiger partial charge on any atom is -0.486 e. The van der Waals surface area contributed by atoms with Crippen molar-refractivity contribution in [3.05, 3.63) is 62.7 Å². The van der Waals surface area contributed by atoms with Crippen molar-refractivity contribution in [3.8, 4) is 5.75 Å². The fraction of sp³-hybridized carbons (Fsp3) is 0.143. The highest BCUT2D eigenvalue weighted by atomic mass is 32.1. The van der Waals surface area contributed by atoms with Gasteiger partial charge in [0, 0.05) is 5.38 Å². The van der Waals surface area contributed by atoms with Crippen LogP contribution in [0.25, 0.3) is 0 Å². The molecule has 1 aromatic carbocycles. The summed E-state index contributed by atoms with van der Waals surface area (Å²) in [6.07, 6.45) is 1.24. The fourth-order valence-electron chi connectivity index (χ4n) is 1.76. The first-order valence-corrected chi connectivity index (χ1v) is 8.35. The molecular formula is C14H12N4O3S2. The summed E-state index contributed by atoms with van der Waals surface area (Å²) in [5.74, 6) is 0.803. The van der Waals surface area contributed by atoms with Gasteiger partial charge in [0.2, 0.25) is 0 Å². The van der Waals surface area contributed by atoms with Crippen LogP contribution in [-0.4, -0.2) is 14.9 Å². The van der Waals surface area contributed by atoms with Gasteiger partial charge >= 0.3 is 5.00 Å². The van der Waals surface area contributed by atoms with Crippen LogP contribution in [0.15, 0.2) is 41.9 Å². The molecule has 0 amide bonds. The summed E-state index contributed by atoms with van der Waals surface area (Å²) in [6.45, 7) is 0.879. The summed E-state index contributed by atoms with van der Waals surface area (Å²) in [7, 11) is 0. The number of hydrogen-bond donors (Lipinski definition) is 1. The molecule has 3 rings (SSSR count). The average molecular weight is 348 g/mol. The third kappa shape index (κ3) is 4.24. The molecule has 0 atom stereocenters. The van der Waals surface area contributed by atoms with Crippen LogP contribution in [0.5, 0.6) is 5.75 Å². The number of nitrogens with one attached hydrogen (secondary N) is 1. The number of ether oxygens (including phenoxy) is 1. The minimum absolute atomic E-state index is 0.0164. The second kappa shape index (κ2) is 7.16. The zero-order valence-corrected chi connectivity index (χ0v) is 13.5. The molecule has 3 aromatic rings. The number of benzene rings is 1.